The molecule has 0 bridgehead atoms. The third-order valence-corrected chi connectivity index (χ3v) is 4.50. The highest BCUT2D eigenvalue weighted by Crippen LogP contribution is 2.19. The number of methoxy groups -OCH3 is 2. The van der Waals surface area contributed by atoms with E-state index in [4.69, 9.17) is 23.8 Å². The Bertz CT molecular complexity index is 689. The number of hydrogen-bond donors (Lipinski definition) is 0. The molecule has 180 valence electrons. The second-order valence-corrected chi connectivity index (χ2v) is 7.12. The van der Waals surface area contributed by atoms with Crippen molar-refractivity contribution in [2.45, 2.75) is 58.0 Å². The van der Waals surface area contributed by atoms with Crippen LogP contribution in [-0.2, 0) is 42.9 Å². The molecule has 1 aliphatic heterocycles. The molecule has 5 atom stereocenters. The van der Waals surface area contributed by atoms with Crippen LogP contribution in [0, 0.1) is 5.92 Å². The van der Waals surface area contributed by atoms with E-state index in [9.17, 15) is 14.4 Å². The van der Waals surface area contributed by atoms with E-state index < -0.39 is 24.1 Å². The van der Waals surface area contributed by atoms with Crippen LogP contribution in [0.15, 0.2) is 29.5 Å². The normalized spacial score (nSPS) is 22.5. The molecule has 0 aliphatic carbocycles. The highest BCUT2D eigenvalue weighted by molar-refractivity contribution is 5.71. The molecule has 10 heteroatoms. The summed E-state index contributed by atoms with van der Waals surface area (Å²) >= 11 is 0. The maximum Gasteiger partial charge on any atom is 0.309 e. The van der Waals surface area contributed by atoms with E-state index in [2.05, 4.69) is 9.89 Å². The zero-order valence-corrected chi connectivity index (χ0v) is 19.2. The van der Waals surface area contributed by atoms with Crippen LogP contribution in [0.2, 0.25) is 0 Å². The number of carbonyl (C=O) groups is 3. The Morgan fingerprint density at radius 1 is 1.16 bits per heavy atom. The summed E-state index contributed by atoms with van der Waals surface area (Å²) in [5, 5.41) is 3.95. The number of nitrogens with zero attached hydrogens (tertiary/aromatic N) is 1. The average Bonchev–Trinajstić information content (AvgIpc) is 2.75. The highest BCUT2D eigenvalue weighted by atomic mass is 16.6. The molecule has 1 heterocycles. The van der Waals surface area contributed by atoms with Crippen molar-refractivity contribution in [1.29, 1.82) is 0 Å². The number of rotatable bonds is 13. The number of carbonyl (C=O) groups excluding carboxylic acids is 3. The Morgan fingerprint density at radius 3 is 2.53 bits per heavy atom. The van der Waals surface area contributed by atoms with Crippen LogP contribution in [-0.4, -0.2) is 76.0 Å². The van der Waals surface area contributed by atoms with Crippen LogP contribution < -0.4 is 0 Å². The Balaban J connectivity index is 2.48. The first-order valence-corrected chi connectivity index (χ1v) is 10.3. The average molecular weight is 456 g/mol. The SMILES string of the molecule is COC(=O)C/C=C/[C@@H](C)[C@@H](/C=N/OCC[C@@H]1C=C[C@H](OC(C)=O)[C@@H](COC(C)=O)O1)OC. The number of esters is 3. The summed E-state index contributed by atoms with van der Waals surface area (Å²) in [6.07, 6.45) is 7.43. The minimum Gasteiger partial charge on any atom is -0.469 e. The summed E-state index contributed by atoms with van der Waals surface area (Å²) in [5.41, 5.74) is 0. The second kappa shape index (κ2) is 15.1. The molecule has 0 N–H and O–H groups in total. The van der Waals surface area contributed by atoms with Crippen molar-refractivity contribution in [3.63, 3.8) is 0 Å². The Labute approximate surface area is 188 Å². The number of hydrogen-bond acceptors (Lipinski definition) is 10. The van der Waals surface area contributed by atoms with Gasteiger partial charge in [0.05, 0.1) is 25.8 Å². The predicted molar refractivity (Wildman–Crippen MR) is 115 cm³/mol. The van der Waals surface area contributed by atoms with Gasteiger partial charge < -0.3 is 28.5 Å². The predicted octanol–water partition coefficient (Wildman–Crippen LogP) is 1.97. The molecule has 0 fully saturated rings. The molecule has 10 nitrogen and oxygen atoms in total. The van der Waals surface area contributed by atoms with E-state index in [-0.39, 0.29) is 43.7 Å². The van der Waals surface area contributed by atoms with Crippen molar-refractivity contribution < 1.29 is 42.9 Å². The summed E-state index contributed by atoms with van der Waals surface area (Å²) < 4.78 is 26.0. The minimum atomic E-state index is -0.627. The van der Waals surface area contributed by atoms with Gasteiger partial charge in [0.15, 0.2) is 0 Å². The van der Waals surface area contributed by atoms with Crippen LogP contribution in [0.5, 0.6) is 0 Å². The maximum atomic E-state index is 11.3. The molecule has 0 saturated carbocycles. The van der Waals surface area contributed by atoms with Crippen molar-refractivity contribution >= 4 is 24.1 Å². The quantitative estimate of drug-likeness (QED) is 0.102. The van der Waals surface area contributed by atoms with Crippen LogP contribution in [0.4, 0.5) is 0 Å². The monoisotopic (exact) mass is 455 g/mol. The van der Waals surface area contributed by atoms with E-state index in [1.54, 1.807) is 31.6 Å². The smallest absolute Gasteiger partial charge is 0.309 e. The lowest BCUT2D eigenvalue weighted by atomic mass is 10.0. The lowest BCUT2D eigenvalue weighted by Crippen LogP contribution is -2.41. The molecular weight excluding hydrogens is 422 g/mol. The Kier molecular flexibility index (Phi) is 12.9. The molecule has 0 unspecified atom stereocenters. The molecule has 0 amide bonds. The third kappa shape index (κ3) is 11.1. The molecule has 0 spiro atoms. The highest BCUT2D eigenvalue weighted by Gasteiger charge is 2.30. The van der Waals surface area contributed by atoms with Crippen LogP contribution in [0.1, 0.15) is 33.6 Å². The topological polar surface area (TPSA) is 119 Å². The van der Waals surface area contributed by atoms with Gasteiger partial charge in [-0.1, -0.05) is 30.3 Å². The molecule has 0 aromatic carbocycles. The van der Waals surface area contributed by atoms with Crippen molar-refractivity contribution in [1.82, 2.24) is 0 Å². The number of ether oxygens (including phenoxy) is 5. The van der Waals surface area contributed by atoms with Gasteiger partial charge in [-0.2, -0.15) is 0 Å². The molecule has 0 saturated heterocycles. The summed E-state index contributed by atoms with van der Waals surface area (Å²) in [6.45, 7) is 4.78. The largest absolute Gasteiger partial charge is 0.469 e. The zero-order valence-electron chi connectivity index (χ0n) is 19.2. The molecule has 1 aliphatic rings. The second-order valence-electron chi connectivity index (χ2n) is 7.12. The lowest BCUT2D eigenvalue weighted by Gasteiger charge is -2.31. The number of oxime groups is 1. The molecule has 1 rings (SSSR count). The van der Waals surface area contributed by atoms with E-state index in [1.165, 1.54) is 21.0 Å². The summed E-state index contributed by atoms with van der Waals surface area (Å²) in [7, 11) is 2.90. The molecule has 0 radical (unpaired) electrons. The molecule has 0 aromatic rings. The molecular formula is C22H33NO9. The first-order chi connectivity index (χ1) is 15.3. The van der Waals surface area contributed by atoms with Gasteiger partial charge >= 0.3 is 17.9 Å². The first kappa shape index (κ1) is 27.3. The van der Waals surface area contributed by atoms with Crippen LogP contribution >= 0.6 is 0 Å². The minimum absolute atomic E-state index is 0.0238. The van der Waals surface area contributed by atoms with Gasteiger partial charge in [-0.3, -0.25) is 14.4 Å². The lowest BCUT2D eigenvalue weighted by molar-refractivity contribution is -0.164. The van der Waals surface area contributed by atoms with Gasteiger partial charge in [-0.15, -0.1) is 0 Å². The Hall–Kier alpha value is -2.72. The van der Waals surface area contributed by atoms with Crippen LogP contribution in [0.25, 0.3) is 0 Å². The van der Waals surface area contributed by atoms with E-state index >= 15 is 0 Å². The fourth-order valence-corrected chi connectivity index (χ4v) is 2.82. The summed E-state index contributed by atoms with van der Waals surface area (Å²) in [6, 6.07) is 0. The summed E-state index contributed by atoms with van der Waals surface area (Å²) in [4.78, 5) is 38.8. The van der Waals surface area contributed by atoms with E-state index in [1.807, 2.05) is 13.0 Å². The fraction of sp³-hybridized carbons (Fsp3) is 0.636. The standard InChI is InChI=1S/C22H33NO9/c1-15(7-6-8-22(26)28-5)20(27-4)13-23-30-12-11-18-9-10-19(31-17(3)25)21(32-18)14-29-16(2)24/h6-7,9-10,13,15,18-21H,8,11-12,14H2,1-5H3/b7-6+,23-13+/t15-,18+,19+,20-,21-/m1/s1. The van der Waals surface area contributed by atoms with Gasteiger partial charge in [0, 0.05) is 33.3 Å². The van der Waals surface area contributed by atoms with E-state index in [0.29, 0.717) is 6.42 Å². The van der Waals surface area contributed by atoms with Crippen molar-refractivity contribution in [3.05, 3.63) is 24.3 Å². The van der Waals surface area contributed by atoms with Gasteiger partial charge in [-0.25, -0.2) is 0 Å². The van der Waals surface area contributed by atoms with Crippen LogP contribution in [0.3, 0.4) is 0 Å². The van der Waals surface area contributed by atoms with Crippen molar-refractivity contribution in [3.8, 4) is 0 Å². The van der Waals surface area contributed by atoms with Gasteiger partial charge in [-0.05, 0) is 6.08 Å². The first-order valence-electron chi connectivity index (χ1n) is 10.3. The zero-order chi connectivity index (χ0) is 23.9. The Morgan fingerprint density at radius 2 is 1.91 bits per heavy atom. The maximum absolute atomic E-state index is 11.3. The van der Waals surface area contributed by atoms with Gasteiger partial charge in [0.25, 0.3) is 0 Å². The molecule has 0 aromatic heterocycles. The van der Waals surface area contributed by atoms with Crippen molar-refractivity contribution in [2.24, 2.45) is 11.1 Å². The fourth-order valence-electron chi connectivity index (χ4n) is 2.82. The van der Waals surface area contributed by atoms with E-state index in [0.717, 1.165) is 0 Å². The van der Waals surface area contributed by atoms with Gasteiger partial charge in [0.2, 0.25) is 0 Å². The van der Waals surface area contributed by atoms with Gasteiger partial charge in [0.1, 0.15) is 31.5 Å². The van der Waals surface area contributed by atoms with Crippen molar-refractivity contribution in [2.75, 3.05) is 27.4 Å². The third-order valence-electron chi connectivity index (χ3n) is 4.50. The summed E-state index contributed by atoms with van der Waals surface area (Å²) in [5.74, 6) is -1.23. The molecule has 32 heavy (non-hydrogen) atoms.